The summed E-state index contributed by atoms with van der Waals surface area (Å²) in [4.78, 5) is 55.4. The van der Waals surface area contributed by atoms with E-state index in [9.17, 15) is 19.2 Å². The highest BCUT2D eigenvalue weighted by Crippen LogP contribution is 2.08. The summed E-state index contributed by atoms with van der Waals surface area (Å²) >= 11 is 1.50. The molecule has 12 heteroatoms. The van der Waals surface area contributed by atoms with Crippen molar-refractivity contribution in [3.05, 3.63) is 18.2 Å². The van der Waals surface area contributed by atoms with Gasteiger partial charge in [-0.3, -0.25) is 19.2 Å². The molecule has 0 radical (unpaired) electrons. The lowest BCUT2D eigenvalue weighted by atomic mass is 10.1. The fourth-order valence-electron chi connectivity index (χ4n) is 3.07. The van der Waals surface area contributed by atoms with Gasteiger partial charge in [0.05, 0.1) is 12.4 Å². The van der Waals surface area contributed by atoms with Gasteiger partial charge < -0.3 is 31.4 Å². The van der Waals surface area contributed by atoms with Crippen LogP contribution in [-0.2, 0) is 25.6 Å². The Kier molecular flexibility index (Phi) is 9.61. The van der Waals surface area contributed by atoms with E-state index in [1.54, 1.807) is 6.20 Å². The zero-order valence-electron chi connectivity index (χ0n) is 16.8. The molecule has 1 aliphatic heterocycles. The number of nitrogens with zero attached hydrogens (tertiary/aromatic N) is 1. The van der Waals surface area contributed by atoms with Crippen LogP contribution in [0, 0.1) is 0 Å². The molecular weight excluding hydrogens is 412 g/mol. The molecule has 0 saturated carbocycles. The number of aromatic nitrogens is 2. The molecule has 3 amide bonds. The molecule has 2 rings (SSSR count). The first kappa shape index (κ1) is 23.7. The maximum atomic E-state index is 13.0. The summed E-state index contributed by atoms with van der Waals surface area (Å²) in [7, 11) is 0. The van der Waals surface area contributed by atoms with Gasteiger partial charge in [-0.15, -0.1) is 0 Å². The van der Waals surface area contributed by atoms with Crippen LogP contribution >= 0.6 is 11.8 Å². The van der Waals surface area contributed by atoms with Gasteiger partial charge in [-0.2, -0.15) is 11.8 Å². The van der Waals surface area contributed by atoms with E-state index in [-0.39, 0.29) is 18.4 Å². The summed E-state index contributed by atoms with van der Waals surface area (Å²) in [5, 5.41) is 19.6. The third-order valence-corrected chi connectivity index (χ3v) is 5.29. The molecule has 1 aliphatic rings. The molecule has 3 unspecified atom stereocenters. The van der Waals surface area contributed by atoms with Crippen molar-refractivity contribution < 1.29 is 24.3 Å². The van der Waals surface area contributed by atoms with E-state index < -0.39 is 36.4 Å². The number of nitrogens with one attached hydrogen (secondary N) is 5. The Balaban J connectivity index is 2.06. The molecule has 166 valence electrons. The summed E-state index contributed by atoms with van der Waals surface area (Å²) < 4.78 is 0. The van der Waals surface area contributed by atoms with E-state index in [2.05, 4.69) is 31.2 Å². The predicted octanol–water partition coefficient (Wildman–Crippen LogP) is -1.37. The van der Waals surface area contributed by atoms with Crippen LogP contribution in [0.5, 0.6) is 0 Å². The highest BCUT2D eigenvalue weighted by Gasteiger charge is 2.30. The number of thioether (sulfide) groups is 1. The van der Waals surface area contributed by atoms with E-state index in [0.717, 1.165) is 13.0 Å². The van der Waals surface area contributed by atoms with Crippen molar-refractivity contribution in [2.45, 2.75) is 43.8 Å². The van der Waals surface area contributed by atoms with Gasteiger partial charge in [0.15, 0.2) is 0 Å². The molecule has 0 aromatic carbocycles. The third kappa shape index (κ3) is 7.67. The molecule has 6 N–H and O–H groups in total. The lowest BCUT2D eigenvalue weighted by molar-refractivity contribution is -0.138. The van der Waals surface area contributed by atoms with Crippen molar-refractivity contribution in [3.8, 4) is 0 Å². The normalized spacial score (nSPS) is 17.7. The fraction of sp³-hybridized carbons (Fsp3) is 0.611. The van der Waals surface area contributed by atoms with Gasteiger partial charge >= 0.3 is 5.97 Å². The topological polar surface area (TPSA) is 165 Å². The van der Waals surface area contributed by atoms with E-state index in [0.29, 0.717) is 24.3 Å². The zero-order chi connectivity index (χ0) is 21.9. The van der Waals surface area contributed by atoms with Crippen LogP contribution in [0.3, 0.4) is 0 Å². The quantitative estimate of drug-likeness (QED) is 0.232. The number of amides is 3. The molecule has 1 aromatic rings. The minimum atomic E-state index is -1.17. The first-order valence-corrected chi connectivity index (χ1v) is 11.1. The summed E-state index contributed by atoms with van der Waals surface area (Å²) in [6.07, 6.45) is 6.98. The highest BCUT2D eigenvalue weighted by atomic mass is 32.2. The van der Waals surface area contributed by atoms with Crippen LogP contribution in [0.25, 0.3) is 0 Å². The van der Waals surface area contributed by atoms with E-state index in [1.807, 2.05) is 6.26 Å². The number of hydrogen-bond donors (Lipinski definition) is 6. The average molecular weight is 441 g/mol. The average Bonchev–Trinajstić information content (AvgIpc) is 3.42. The monoisotopic (exact) mass is 440 g/mol. The van der Waals surface area contributed by atoms with Gasteiger partial charge in [-0.25, -0.2) is 4.98 Å². The van der Waals surface area contributed by atoms with Gasteiger partial charge in [-0.1, -0.05) is 0 Å². The Labute approximate surface area is 178 Å². The smallest absolute Gasteiger partial charge is 0.322 e. The second kappa shape index (κ2) is 12.2. The SMILES string of the molecule is CSCCC(NC(=O)C(Cc1cnc[nH]1)NC(=O)C1CCCN1)C(=O)NCC(=O)O. The van der Waals surface area contributed by atoms with Crippen LogP contribution in [0.4, 0.5) is 0 Å². The van der Waals surface area contributed by atoms with E-state index >= 15 is 0 Å². The predicted molar refractivity (Wildman–Crippen MR) is 111 cm³/mol. The van der Waals surface area contributed by atoms with Crippen molar-refractivity contribution in [1.82, 2.24) is 31.2 Å². The maximum Gasteiger partial charge on any atom is 0.322 e. The first-order valence-electron chi connectivity index (χ1n) is 9.70. The van der Waals surface area contributed by atoms with Crippen LogP contribution in [0.15, 0.2) is 12.5 Å². The molecule has 2 heterocycles. The van der Waals surface area contributed by atoms with E-state index in [4.69, 9.17) is 5.11 Å². The summed E-state index contributed by atoms with van der Waals surface area (Å²) in [6.45, 7) is 0.210. The zero-order valence-corrected chi connectivity index (χ0v) is 17.6. The van der Waals surface area contributed by atoms with Crippen molar-refractivity contribution >= 4 is 35.5 Å². The van der Waals surface area contributed by atoms with Gasteiger partial charge in [0.1, 0.15) is 18.6 Å². The van der Waals surface area contributed by atoms with Gasteiger partial charge in [0, 0.05) is 18.3 Å². The lowest BCUT2D eigenvalue weighted by Gasteiger charge is -2.23. The number of carboxylic acids is 1. The van der Waals surface area contributed by atoms with Crippen LogP contribution in [0.1, 0.15) is 25.0 Å². The largest absolute Gasteiger partial charge is 0.480 e. The number of rotatable bonds is 12. The molecule has 0 bridgehead atoms. The Morgan fingerprint density at radius 1 is 1.27 bits per heavy atom. The Hall–Kier alpha value is -2.60. The molecule has 1 saturated heterocycles. The number of carboxylic acid groups (broad SMARTS) is 1. The van der Waals surface area contributed by atoms with Crippen molar-refractivity contribution in [2.75, 3.05) is 25.1 Å². The number of H-pyrrole nitrogens is 1. The number of imidazole rings is 1. The molecule has 0 spiro atoms. The highest BCUT2D eigenvalue weighted by molar-refractivity contribution is 7.98. The second-order valence-electron chi connectivity index (χ2n) is 6.95. The third-order valence-electron chi connectivity index (χ3n) is 4.65. The summed E-state index contributed by atoms with van der Waals surface area (Å²) in [6, 6.07) is -2.17. The van der Waals surface area contributed by atoms with Crippen LogP contribution in [-0.4, -0.2) is 82.0 Å². The lowest BCUT2D eigenvalue weighted by Crippen LogP contribution is -2.56. The molecule has 3 atom stereocenters. The Morgan fingerprint density at radius 3 is 2.67 bits per heavy atom. The summed E-state index contributed by atoms with van der Waals surface area (Å²) in [5.74, 6) is -1.96. The fourth-order valence-corrected chi connectivity index (χ4v) is 3.54. The number of aromatic amines is 1. The number of carbonyl (C=O) groups is 4. The molecular formula is C18H28N6O5S. The maximum absolute atomic E-state index is 13.0. The number of hydrogen-bond acceptors (Lipinski definition) is 7. The number of carbonyl (C=O) groups excluding carboxylic acids is 3. The molecule has 11 nitrogen and oxygen atoms in total. The van der Waals surface area contributed by atoms with E-state index in [1.165, 1.54) is 18.1 Å². The van der Waals surface area contributed by atoms with Crippen LogP contribution < -0.4 is 21.3 Å². The minimum absolute atomic E-state index is 0.177. The first-order chi connectivity index (χ1) is 14.4. The second-order valence-corrected chi connectivity index (χ2v) is 7.93. The molecule has 30 heavy (non-hydrogen) atoms. The van der Waals surface area contributed by atoms with Gasteiger partial charge in [0.2, 0.25) is 17.7 Å². The standard InChI is InChI=1S/C18H28N6O5S/c1-30-6-4-13(16(27)21-9-15(25)26)23-18(29)14(7-11-8-19-10-22-11)24-17(28)12-3-2-5-20-12/h8,10,12-14,20H,2-7,9H2,1H3,(H,19,22)(H,21,27)(H,23,29)(H,24,28)(H,25,26). The molecule has 1 aromatic heterocycles. The van der Waals surface area contributed by atoms with Gasteiger partial charge in [-0.05, 0) is 37.8 Å². The molecule has 0 aliphatic carbocycles. The Bertz CT molecular complexity index is 723. The summed E-state index contributed by atoms with van der Waals surface area (Å²) in [5.41, 5.74) is 0.658. The van der Waals surface area contributed by atoms with Crippen molar-refractivity contribution in [2.24, 2.45) is 0 Å². The van der Waals surface area contributed by atoms with Crippen molar-refractivity contribution in [1.29, 1.82) is 0 Å². The van der Waals surface area contributed by atoms with Crippen LogP contribution in [0.2, 0.25) is 0 Å². The van der Waals surface area contributed by atoms with Crippen molar-refractivity contribution in [3.63, 3.8) is 0 Å². The minimum Gasteiger partial charge on any atom is -0.480 e. The Morgan fingerprint density at radius 2 is 2.07 bits per heavy atom. The number of aliphatic carboxylic acids is 1. The molecule has 1 fully saturated rings. The van der Waals surface area contributed by atoms with Gasteiger partial charge in [0.25, 0.3) is 0 Å².